The molecule has 0 fully saturated rings. The number of nitriles is 1. The standard InChI is InChI=1S/C78H56N18/c1-42-80-43(2)85-74(84-42)55-27-32-66-61(37-55)62-38-56(75-86-44(3)81-45(4)87-75)28-33-67(62)95(66)65-31-26-54(51-24-22-50(41-79)23-25-51)36-60(65)59-20-15-21-70(71(59)78-93-72(52-16-11-9-12-17-52)92-73(94-78)53-18-13-10-14-19-53)96-68-34-29-57(76-88-46(5)82-47(6)89-76)39-63(68)64-40-58(30-35-69(64)96)77-90-48(7)83-49(8)91-77/h9-40H,1-8H3. The number of fused-ring (bicyclic) bond motifs is 6. The number of hydrogen-bond acceptors (Lipinski definition) is 16. The van der Waals surface area contributed by atoms with Crippen LogP contribution in [0, 0.1) is 66.7 Å². The Morgan fingerprint density at radius 1 is 0.250 bits per heavy atom. The van der Waals surface area contributed by atoms with Crippen molar-refractivity contribution in [2.45, 2.75) is 55.4 Å². The van der Waals surface area contributed by atoms with Crippen LogP contribution in [0.25, 0.3) is 157 Å². The van der Waals surface area contributed by atoms with Crippen LogP contribution in [0.15, 0.2) is 194 Å². The zero-order valence-electron chi connectivity index (χ0n) is 53.5. The second-order valence-corrected chi connectivity index (χ2v) is 23.8. The van der Waals surface area contributed by atoms with Gasteiger partial charge in [0, 0.05) is 60.5 Å². The van der Waals surface area contributed by atoms with Crippen LogP contribution >= 0.6 is 0 Å². The highest BCUT2D eigenvalue weighted by molar-refractivity contribution is 6.14. The number of aromatic nitrogens is 17. The van der Waals surface area contributed by atoms with E-state index in [4.69, 9.17) is 54.8 Å². The summed E-state index contributed by atoms with van der Waals surface area (Å²) in [5.74, 6) is 8.70. The third-order valence-corrected chi connectivity index (χ3v) is 17.1. The first-order valence-corrected chi connectivity index (χ1v) is 31.4. The molecule has 458 valence electrons. The molecule has 0 saturated carbocycles. The van der Waals surface area contributed by atoms with E-state index >= 15 is 0 Å². The molecule has 0 radical (unpaired) electrons. The van der Waals surface area contributed by atoms with E-state index in [1.807, 2.05) is 140 Å². The Hall–Kier alpha value is -12.9. The van der Waals surface area contributed by atoms with Crippen molar-refractivity contribution < 1.29 is 0 Å². The van der Waals surface area contributed by atoms with Gasteiger partial charge in [0.2, 0.25) is 0 Å². The summed E-state index contributed by atoms with van der Waals surface area (Å²) in [5.41, 5.74) is 15.0. The largest absolute Gasteiger partial charge is 0.309 e. The van der Waals surface area contributed by atoms with Crippen molar-refractivity contribution in [2.24, 2.45) is 0 Å². The van der Waals surface area contributed by atoms with Gasteiger partial charge in [0.25, 0.3) is 0 Å². The highest BCUT2D eigenvalue weighted by atomic mass is 15.1. The lowest BCUT2D eigenvalue weighted by Crippen LogP contribution is -2.06. The van der Waals surface area contributed by atoms with Crippen LogP contribution in [0.5, 0.6) is 0 Å². The Morgan fingerprint density at radius 3 is 0.958 bits per heavy atom. The number of benzene rings is 9. The third-order valence-electron chi connectivity index (χ3n) is 17.1. The van der Waals surface area contributed by atoms with Gasteiger partial charge in [0.1, 0.15) is 46.6 Å². The topological polar surface area (TPSA) is 227 Å². The summed E-state index contributed by atoms with van der Waals surface area (Å²) >= 11 is 0. The van der Waals surface area contributed by atoms with Gasteiger partial charge in [0.15, 0.2) is 40.8 Å². The number of nitrogens with zero attached hydrogens (tertiary/aromatic N) is 18. The van der Waals surface area contributed by atoms with Gasteiger partial charge in [0.05, 0.1) is 50.6 Å². The average Bonchev–Trinajstić information content (AvgIpc) is 1.56. The first kappa shape index (κ1) is 58.2. The molecule has 7 heterocycles. The molecule has 7 aromatic heterocycles. The van der Waals surface area contributed by atoms with Crippen LogP contribution in [0.2, 0.25) is 0 Å². The van der Waals surface area contributed by atoms with Gasteiger partial charge in [-0.1, -0.05) is 91.0 Å². The van der Waals surface area contributed by atoms with Crippen molar-refractivity contribution in [3.8, 4) is 119 Å². The van der Waals surface area contributed by atoms with Gasteiger partial charge in [-0.05, 0) is 175 Å². The Bertz CT molecular complexity index is 5540. The number of rotatable bonds is 11. The third kappa shape index (κ3) is 10.6. The molecule has 0 spiro atoms. The molecule has 0 amide bonds. The molecular formula is C78H56N18. The zero-order valence-corrected chi connectivity index (χ0v) is 53.5. The van der Waals surface area contributed by atoms with Crippen molar-refractivity contribution in [1.82, 2.24) is 83.9 Å². The summed E-state index contributed by atoms with van der Waals surface area (Å²) in [5, 5.41) is 13.8. The van der Waals surface area contributed by atoms with Crippen LogP contribution in [0.4, 0.5) is 0 Å². The van der Waals surface area contributed by atoms with E-state index in [2.05, 4.69) is 144 Å². The highest BCUT2D eigenvalue weighted by Crippen LogP contribution is 2.47. The molecule has 0 N–H and O–H groups in total. The predicted octanol–water partition coefficient (Wildman–Crippen LogP) is 16.1. The van der Waals surface area contributed by atoms with Crippen molar-refractivity contribution >= 4 is 43.6 Å². The number of aryl methyl sites for hydroxylation is 8. The highest BCUT2D eigenvalue weighted by Gasteiger charge is 2.28. The Kier molecular flexibility index (Phi) is 14.2. The van der Waals surface area contributed by atoms with E-state index in [0.29, 0.717) is 92.9 Å². The Balaban J connectivity index is 1.04. The lowest BCUT2D eigenvalue weighted by Gasteiger charge is -2.21. The van der Waals surface area contributed by atoms with Crippen LogP contribution in [0.1, 0.15) is 52.2 Å². The zero-order chi connectivity index (χ0) is 65.5. The maximum Gasteiger partial charge on any atom is 0.166 e. The van der Waals surface area contributed by atoms with Crippen LogP contribution in [-0.4, -0.2) is 83.9 Å². The van der Waals surface area contributed by atoms with Crippen LogP contribution < -0.4 is 0 Å². The minimum atomic E-state index is 0.431. The van der Waals surface area contributed by atoms with Crippen molar-refractivity contribution in [3.63, 3.8) is 0 Å². The first-order valence-electron chi connectivity index (χ1n) is 31.4. The summed E-state index contributed by atoms with van der Waals surface area (Å²) in [4.78, 5) is 73.3. The molecular weight excluding hydrogens is 1190 g/mol. The molecule has 0 bridgehead atoms. The molecule has 0 saturated heterocycles. The predicted molar refractivity (Wildman–Crippen MR) is 374 cm³/mol. The second-order valence-electron chi connectivity index (χ2n) is 23.8. The van der Waals surface area contributed by atoms with Gasteiger partial charge in [-0.15, -0.1) is 0 Å². The van der Waals surface area contributed by atoms with Crippen LogP contribution in [-0.2, 0) is 0 Å². The van der Waals surface area contributed by atoms with Crippen molar-refractivity contribution in [3.05, 3.63) is 246 Å². The fourth-order valence-electron chi connectivity index (χ4n) is 13.1. The van der Waals surface area contributed by atoms with E-state index < -0.39 is 0 Å². The molecule has 0 aliphatic heterocycles. The van der Waals surface area contributed by atoms with Crippen molar-refractivity contribution in [1.29, 1.82) is 5.26 Å². The Labute approximate surface area is 551 Å². The van der Waals surface area contributed by atoms with Gasteiger partial charge >= 0.3 is 0 Å². The SMILES string of the molecule is Cc1nc(C)nc(-c2ccc3c(c2)c2cc(-c4nc(C)nc(C)n4)ccc2n3-c2ccc(-c3ccc(C#N)cc3)cc2-c2cccc(-n3c4ccc(-c5nc(C)nc(C)n5)cc4c4cc(-c5nc(C)nc(C)n5)ccc43)c2-c2nc(-c3ccccc3)nc(-c3ccccc3)n2)n1. The maximum absolute atomic E-state index is 10.0. The quantitative estimate of drug-likeness (QED) is 0.117. The Morgan fingerprint density at radius 2 is 0.583 bits per heavy atom. The summed E-state index contributed by atoms with van der Waals surface area (Å²) in [6.07, 6.45) is 0. The molecule has 9 aromatic carbocycles. The van der Waals surface area contributed by atoms with Gasteiger partial charge in [-0.25, -0.2) is 74.8 Å². The second kappa shape index (κ2) is 23.4. The number of hydrogen-bond donors (Lipinski definition) is 0. The normalized spacial score (nSPS) is 11.5. The monoisotopic (exact) mass is 1240 g/mol. The molecule has 18 nitrogen and oxygen atoms in total. The molecule has 96 heavy (non-hydrogen) atoms. The molecule has 18 heteroatoms. The summed E-state index contributed by atoms with van der Waals surface area (Å²) in [6, 6.07) is 68.6. The lowest BCUT2D eigenvalue weighted by atomic mass is 9.92. The first-order chi connectivity index (χ1) is 46.7. The minimum Gasteiger partial charge on any atom is -0.309 e. The smallest absolute Gasteiger partial charge is 0.166 e. The molecule has 0 aliphatic carbocycles. The van der Waals surface area contributed by atoms with E-state index in [0.717, 1.165) is 116 Å². The average molecular weight is 1250 g/mol. The van der Waals surface area contributed by atoms with Gasteiger partial charge < -0.3 is 9.13 Å². The molecule has 16 aromatic rings. The molecule has 0 aliphatic rings. The maximum atomic E-state index is 10.0. The summed E-state index contributed by atoms with van der Waals surface area (Å²) in [7, 11) is 0. The van der Waals surface area contributed by atoms with Gasteiger partial charge in [-0.2, -0.15) is 5.26 Å². The van der Waals surface area contributed by atoms with E-state index in [9.17, 15) is 5.26 Å². The van der Waals surface area contributed by atoms with E-state index in [-0.39, 0.29) is 0 Å². The fourth-order valence-corrected chi connectivity index (χ4v) is 13.1. The van der Waals surface area contributed by atoms with Gasteiger partial charge in [-0.3, -0.25) is 0 Å². The fraction of sp³-hybridized carbons (Fsp3) is 0.103. The summed E-state index contributed by atoms with van der Waals surface area (Å²) in [6.45, 7) is 15.1. The van der Waals surface area contributed by atoms with Crippen LogP contribution in [0.3, 0.4) is 0 Å². The summed E-state index contributed by atoms with van der Waals surface area (Å²) < 4.78 is 4.64. The lowest BCUT2D eigenvalue weighted by molar-refractivity contribution is 0.928. The van der Waals surface area contributed by atoms with E-state index in [1.54, 1.807) is 0 Å². The molecule has 0 atom stereocenters. The molecule has 0 unspecified atom stereocenters. The van der Waals surface area contributed by atoms with Crippen molar-refractivity contribution in [2.75, 3.05) is 0 Å². The van der Waals surface area contributed by atoms with E-state index in [1.165, 1.54) is 0 Å². The minimum absolute atomic E-state index is 0.431. The molecule has 16 rings (SSSR count).